The molecule has 0 fully saturated rings. The molecule has 174 valence electrons. The van der Waals surface area contributed by atoms with E-state index in [1.807, 2.05) is 30.3 Å². The first-order valence-corrected chi connectivity index (χ1v) is 11.5. The molecule has 2 heterocycles. The number of benzene rings is 4. The van der Waals surface area contributed by atoms with E-state index in [-0.39, 0.29) is 5.91 Å². The topological polar surface area (TPSA) is 85.3 Å². The number of oxazole rings is 1. The van der Waals surface area contributed by atoms with E-state index in [0.717, 1.165) is 5.39 Å². The molecule has 0 aliphatic carbocycles. The molecule has 0 saturated heterocycles. The predicted molar refractivity (Wildman–Crippen MR) is 140 cm³/mol. The first kappa shape index (κ1) is 21.8. The molecule has 6 aromatic rings. The fourth-order valence-corrected chi connectivity index (χ4v) is 4.21. The van der Waals surface area contributed by atoms with Crippen LogP contribution in [0.25, 0.3) is 44.7 Å². The van der Waals surface area contributed by atoms with E-state index >= 15 is 0 Å². The van der Waals surface area contributed by atoms with Gasteiger partial charge < -0.3 is 14.2 Å². The lowest BCUT2D eigenvalue weighted by atomic mass is 10.0. The molecule has 0 bridgehead atoms. The first-order chi connectivity index (χ1) is 17.5. The van der Waals surface area contributed by atoms with Gasteiger partial charge >= 0.3 is 5.63 Å². The number of hydrogen-bond donors (Lipinski definition) is 1. The first-order valence-electron chi connectivity index (χ1n) is 11.1. The van der Waals surface area contributed by atoms with Crippen LogP contribution in [0.3, 0.4) is 0 Å². The Balaban J connectivity index is 1.28. The zero-order chi connectivity index (χ0) is 24.6. The Labute approximate surface area is 209 Å². The average Bonchev–Trinajstić information content (AvgIpc) is 3.32. The summed E-state index contributed by atoms with van der Waals surface area (Å²) >= 11 is 6.05. The highest BCUT2D eigenvalue weighted by atomic mass is 35.5. The number of fused-ring (bicyclic) bond motifs is 2. The number of halogens is 1. The van der Waals surface area contributed by atoms with Crippen molar-refractivity contribution in [1.82, 2.24) is 4.98 Å². The SMILES string of the molecule is O=C(Nc1cccc(-c2nc3cc(Cl)ccc3o2)c1)c1cccc(-c2cc3ccccc3oc2=O)c1. The Morgan fingerprint density at radius 1 is 0.778 bits per heavy atom. The van der Waals surface area contributed by atoms with Crippen LogP contribution in [-0.2, 0) is 0 Å². The Hall–Kier alpha value is -4.68. The Morgan fingerprint density at radius 3 is 2.53 bits per heavy atom. The molecule has 6 nitrogen and oxygen atoms in total. The maximum Gasteiger partial charge on any atom is 0.344 e. The molecule has 6 rings (SSSR count). The van der Waals surface area contributed by atoms with Crippen LogP contribution in [0.2, 0.25) is 5.02 Å². The lowest BCUT2D eigenvalue weighted by Gasteiger charge is -2.08. The number of nitrogens with one attached hydrogen (secondary N) is 1. The van der Waals surface area contributed by atoms with Gasteiger partial charge in [-0.05, 0) is 66.2 Å². The van der Waals surface area contributed by atoms with Gasteiger partial charge in [0, 0.05) is 27.2 Å². The number of carbonyl (C=O) groups is 1. The van der Waals surface area contributed by atoms with Crippen molar-refractivity contribution in [3.05, 3.63) is 118 Å². The van der Waals surface area contributed by atoms with Gasteiger partial charge in [0.25, 0.3) is 5.91 Å². The Morgan fingerprint density at radius 2 is 1.61 bits per heavy atom. The molecular weight excluding hydrogens is 476 g/mol. The van der Waals surface area contributed by atoms with Gasteiger partial charge in [0.05, 0.1) is 5.56 Å². The third-order valence-electron chi connectivity index (χ3n) is 5.79. The lowest BCUT2D eigenvalue weighted by molar-refractivity contribution is 0.102. The summed E-state index contributed by atoms with van der Waals surface area (Å²) in [5.74, 6) is 0.108. The van der Waals surface area contributed by atoms with Crippen molar-refractivity contribution in [2.45, 2.75) is 0 Å². The molecule has 36 heavy (non-hydrogen) atoms. The molecule has 2 aromatic heterocycles. The van der Waals surface area contributed by atoms with Crippen molar-refractivity contribution >= 4 is 45.3 Å². The molecule has 0 aliphatic heterocycles. The van der Waals surface area contributed by atoms with Crippen LogP contribution in [0, 0.1) is 0 Å². The number of amides is 1. The van der Waals surface area contributed by atoms with Crippen LogP contribution in [0.1, 0.15) is 10.4 Å². The highest BCUT2D eigenvalue weighted by Crippen LogP contribution is 2.28. The van der Waals surface area contributed by atoms with E-state index in [1.165, 1.54) is 0 Å². The van der Waals surface area contributed by atoms with Gasteiger partial charge in [0.15, 0.2) is 5.58 Å². The van der Waals surface area contributed by atoms with Crippen molar-refractivity contribution < 1.29 is 13.6 Å². The molecule has 0 spiro atoms. The quantitative estimate of drug-likeness (QED) is 0.263. The number of carbonyl (C=O) groups excluding carboxylic acids is 1. The number of rotatable bonds is 4. The fourth-order valence-electron chi connectivity index (χ4n) is 4.05. The predicted octanol–water partition coefficient (Wildman–Crippen LogP) is 7.17. The summed E-state index contributed by atoms with van der Waals surface area (Å²) < 4.78 is 11.3. The maximum absolute atomic E-state index is 13.1. The van der Waals surface area contributed by atoms with E-state index in [0.29, 0.717) is 55.5 Å². The second-order valence-corrected chi connectivity index (χ2v) is 8.67. The molecule has 1 amide bonds. The molecule has 4 aromatic carbocycles. The minimum absolute atomic E-state index is 0.316. The van der Waals surface area contributed by atoms with Crippen molar-refractivity contribution in [3.63, 3.8) is 0 Å². The fraction of sp³-hybridized carbons (Fsp3) is 0. The van der Waals surface area contributed by atoms with E-state index in [9.17, 15) is 9.59 Å². The summed E-state index contributed by atoms with van der Waals surface area (Å²) in [6.45, 7) is 0. The number of anilines is 1. The second-order valence-electron chi connectivity index (χ2n) is 8.23. The van der Waals surface area contributed by atoms with Crippen LogP contribution in [0.4, 0.5) is 5.69 Å². The van der Waals surface area contributed by atoms with Crippen LogP contribution >= 0.6 is 11.6 Å². The van der Waals surface area contributed by atoms with Crippen molar-refractivity contribution in [2.24, 2.45) is 0 Å². The Kier molecular flexibility index (Phi) is 5.36. The van der Waals surface area contributed by atoms with Gasteiger partial charge in [-0.15, -0.1) is 0 Å². The minimum atomic E-state index is -0.460. The van der Waals surface area contributed by atoms with Crippen molar-refractivity contribution in [2.75, 3.05) is 5.32 Å². The number of para-hydroxylation sites is 1. The zero-order valence-electron chi connectivity index (χ0n) is 18.7. The largest absolute Gasteiger partial charge is 0.436 e. The smallest absolute Gasteiger partial charge is 0.344 e. The second kappa shape index (κ2) is 8.83. The number of aromatic nitrogens is 1. The van der Waals surface area contributed by atoms with Crippen LogP contribution in [0.15, 0.2) is 111 Å². The summed E-state index contributed by atoms with van der Waals surface area (Å²) in [4.78, 5) is 30.1. The normalized spacial score (nSPS) is 11.1. The standard InChI is InChI=1S/C29H17ClN2O4/c30-21-11-12-26-24(16-21)32-28(35-26)20-8-4-9-22(14-20)31-27(33)19-7-3-6-17(13-19)23-15-18-5-1-2-10-25(18)36-29(23)34/h1-16H,(H,31,33). The molecule has 1 N–H and O–H groups in total. The highest BCUT2D eigenvalue weighted by Gasteiger charge is 2.13. The average molecular weight is 493 g/mol. The van der Waals surface area contributed by atoms with E-state index in [2.05, 4.69) is 10.3 Å². The third kappa shape index (κ3) is 4.15. The summed E-state index contributed by atoms with van der Waals surface area (Å²) in [6, 6.07) is 28.4. The van der Waals surface area contributed by atoms with Gasteiger partial charge in [-0.3, -0.25) is 4.79 Å². The maximum atomic E-state index is 13.1. The minimum Gasteiger partial charge on any atom is -0.436 e. The van der Waals surface area contributed by atoms with Crippen molar-refractivity contribution in [3.8, 4) is 22.6 Å². The van der Waals surface area contributed by atoms with E-state index in [1.54, 1.807) is 66.7 Å². The van der Waals surface area contributed by atoms with Gasteiger partial charge in [0.1, 0.15) is 11.1 Å². The molecule has 0 unspecified atom stereocenters. The summed E-state index contributed by atoms with van der Waals surface area (Å²) in [6.07, 6.45) is 0. The van der Waals surface area contributed by atoms with Crippen LogP contribution in [0.5, 0.6) is 0 Å². The van der Waals surface area contributed by atoms with Crippen LogP contribution in [-0.4, -0.2) is 10.9 Å². The molecular formula is C29H17ClN2O4. The Bertz CT molecular complexity index is 1840. The number of nitrogens with zero attached hydrogens (tertiary/aromatic N) is 1. The van der Waals surface area contributed by atoms with Gasteiger partial charge in [-0.2, -0.15) is 0 Å². The summed E-state index contributed by atoms with van der Waals surface area (Å²) in [5, 5.41) is 4.28. The molecule has 0 atom stereocenters. The van der Waals surface area contributed by atoms with E-state index < -0.39 is 5.63 Å². The third-order valence-corrected chi connectivity index (χ3v) is 6.03. The summed E-state index contributed by atoms with van der Waals surface area (Å²) in [5.41, 5.74) is 4.02. The molecule has 0 saturated carbocycles. The van der Waals surface area contributed by atoms with E-state index in [4.69, 9.17) is 20.4 Å². The van der Waals surface area contributed by atoms with Crippen molar-refractivity contribution in [1.29, 1.82) is 0 Å². The molecule has 7 heteroatoms. The van der Waals surface area contributed by atoms with Gasteiger partial charge in [0.2, 0.25) is 5.89 Å². The van der Waals surface area contributed by atoms with Gasteiger partial charge in [-0.25, -0.2) is 9.78 Å². The molecule has 0 radical (unpaired) electrons. The lowest BCUT2D eigenvalue weighted by Crippen LogP contribution is -2.12. The van der Waals surface area contributed by atoms with Crippen LogP contribution < -0.4 is 10.9 Å². The monoisotopic (exact) mass is 492 g/mol. The molecule has 0 aliphatic rings. The number of hydrogen-bond acceptors (Lipinski definition) is 5. The zero-order valence-corrected chi connectivity index (χ0v) is 19.5. The highest BCUT2D eigenvalue weighted by molar-refractivity contribution is 6.31. The van der Waals surface area contributed by atoms with Gasteiger partial charge in [-0.1, -0.05) is 48.0 Å². The summed E-state index contributed by atoms with van der Waals surface area (Å²) in [7, 11) is 0.